The maximum atomic E-state index is 12.9. The highest BCUT2D eigenvalue weighted by Crippen LogP contribution is 2.43. The summed E-state index contributed by atoms with van der Waals surface area (Å²) in [6, 6.07) is 0. The van der Waals surface area contributed by atoms with Crippen LogP contribution in [0.3, 0.4) is 0 Å². The average Bonchev–Trinajstić information content (AvgIpc) is 3.37. The van der Waals surface area contributed by atoms with Gasteiger partial charge in [0.1, 0.15) is 12.7 Å². The molecule has 12 heteroatoms. The monoisotopic (exact) mass is 1030 g/mol. The molecule has 0 aromatic carbocycles. The van der Waals surface area contributed by atoms with Gasteiger partial charge in [0, 0.05) is 19.3 Å². The number of aliphatic hydroxyl groups is 1. The largest absolute Gasteiger partial charge is 0.472 e. The Hall–Kier alpha value is -2.82. The van der Waals surface area contributed by atoms with E-state index in [-0.39, 0.29) is 25.9 Å². The second kappa shape index (κ2) is 54.4. The third-order valence-corrected chi connectivity index (χ3v) is 13.4. The van der Waals surface area contributed by atoms with Crippen molar-refractivity contribution < 1.29 is 52.2 Å². The number of unbranched alkanes of at least 4 members (excludes halogenated alkanes) is 27. The predicted molar refractivity (Wildman–Crippen MR) is 298 cm³/mol. The quantitative estimate of drug-likeness (QED) is 0.0197. The van der Waals surface area contributed by atoms with E-state index in [1.165, 1.54) is 116 Å². The number of allylic oxidation sites excluding steroid dienone is 10. The van der Waals surface area contributed by atoms with Crippen LogP contribution in [0.25, 0.3) is 0 Å². The fourth-order valence-corrected chi connectivity index (χ4v) is 8.77. The van der Waals surface area contributed by atoms with Crippen molar-refractivity contribution in [1.29, 1.82) is 0 Å². The number of esters is 3. The van der Waals surface area contributed by atoms with Crippen molar-refractivity contribution in [2.75, 3.05) is 26.4 Å². The summed E-state index contributed by atoms with van der Waals surface area (Å²) in [5, 5.41) is 9.77. The smallest absolute Gasteiger partial charge is 0.462 e. The minimum absolute atomic E-state index is 0.160. The highest BCUT2D eigenvalue weighted by Gasteiger charge is 2.28. The number of rotatable bonds is 54. The Kier molecular flexibility index (Phi) is 52.3. The van der Waals surface area contributed by atoms with Crippen molar-refractivity contribution in [2.45, 2.75) is 277 Å². The first-order valence-electron chi connectivity index (χ1n) is 29.2. The molecule has 3 atom stereocenters. The summed E-state index contributed by atoms with van der Waals surface area (Å²) in [6.07, 6.45) is 59.0. The molecule has 0 amide bonds. The Labute approximate surface area is 440 Å². The van der Waals surface area contributed by atoms with Crippen LogP contribution >= 0.6 is 7.82 Å². The standard InChI is InChI=1S/C60H107O11P/c1-4-7-10-13-16-19-21-23-25-27-28-30-32-34-36-39-42-45-48-51-60(64)71-57(53-67-58(62)49-46-43-40-38-35-33-31-29-26-24-22-20-17-14-11-8-5-2)55-69-72(65,66)68-54-56(52-61)70-59(63)50-47-44-41-37-18-15-12-9-6-3/h8,11,17,20,23-26,31,33,56-57,61H,4-7,9-10,12-16,18-19,21-22,27-30,32,34-55H2,1-3H3,(H,65,66)/b11-8-,20-17-,25-23-,26-24-,33-31-. The van der Waals surface area contributed by atoms with Crippen LogP contribution in [0.1, 0.15) is 265 Å². The molecule has 0 rings (SSSR count). The normalized spacial score (nSPS) is 13.8. The van der Waals surface area contributed by atoms with Crippen LogP contribution < -0.4 is 0 Å². The Morgan fingerprint density at radius 2 is 0.722 bits per heavy atom. The molecule has 2 N–H and O–H groups in total. The first-order chi connectivity index (χ1) is 35.2. The molecule has 418 valence electrons. The molecule has 0 saturated heterocycles. The summed E-state index contributed by atoms with van der Waals surface area (Å²) < 4.78 is 39.5. The van der Waals surface area contributed by atoms with E-state index in [1.54, 1.807) is 0 Å². The summed E-state index contributed by atoms with van der Waals surface area (Å²) in [5.41, 5.74) is 0. The maximum Gasteiger partial charge on any atom is 0.472 e. The number of ether oxygens (including phenoxy) is 3. The van der Waals surface area contributed by atoms with Gasteiger partial charge in [-0.25, -0.2) is 4.57 Å². The number of carbonyl (C=O) groups is 3. The van der Waals surface area contributed by atoms with Crippen LogP contribution in [-0.2, 0) is 42.2 Å². The Morgan fingerprint density at radius 1 is 0.403 bits per heavy atom. The van der Waals surface area contributed by atoms with E-state index in [4.69, 9.17) is 23.3 Å². The highest BCUT2D eigenvalue weighted by atomic mass is 31.2. The molecule has 0 aromatic heterocycles. The second-order valence-corrected chi connectivity index (χ2v) is 20.9. The van der Waals surface area contributed by atoms with E-state index < -0.39 is 57.8 Å². The van der Waals surface area contributed by atoms with E-state index in [0.29, 0.717) is 19.3 Å². The Morgan fingerprint density at radius 3 is 1.12 bits per heavy atom. The van der Waals surface area contributed by atoms with Gasteiger partial charge in [0.05, 0.1) is 19.8 Å². The molecule has 0 heterocycles. The molecule has 0 fully saturated rings. The molecule has 0 saturated carbocycles. The topological polar surface area (TPSA) is 155 Å². The summed E-state index contributed by atoms with van der Waals surface area (Å²) in [6.45, 7) is 4.49. The molecule has 72 heavy (non-hydrogen) atoms. The van der Waals surface area contributed by atoms with Crippen molar-refractivity contribution in [2.24, 2.45) is 0 Å². The van der Waals surface area contributed by atoms with Crippen LogP contribution in [0.4, 0.5) is 0 Å². The van der Waals surface area contributed by atoms with Gasteiger partial charge in [-0.1, -0.05) is 223 Å². The summed E-state index contributed by atoms with van der Waals surface area (Å²) >= 11 is 0. The number of aliphatic hydroxyl groups excluding tert-OH is 1. The van der Waals surface area contributed by atoms with Gasteiger partial charge < -0.3 is 24.2 Å². The zero-order valence-corrected chi connectivity index (χ0v) is 47.0. The molecule has 0 aliphatic rings. The minimum Gasteiger partial charge on any atom is -0.462 e. The van der Waals surface area contributed by atoms with Crippen molar-refractivity contribution in [3.8, 4) is 0 Å². The van der Waals surface area contributed by atoms with Gasteiger partial charge >= 0.3 is 25.7 Å². The third-order valence-electron chi connectivity index (χ3n) is 12.4. The third kappa shape index (κ3) is 52.1. The molecule has 0 aromatic rings. The molecule has 3 unspecified atom stereocenters. The fraction of sp³-hybridized carbons (Fsp3) is 0.783. The van der Waals surface area contributed by atoms with Crippen molar-refractivity contribution in [3.63, 3.8) is 0 Å². The number of hydrogen-bond acceptors (Lipinski definition) is 10. The summed E-state index contributed by atoms with van der Waals surface area (Å²) in [7, 11) is -4.75. The van der Waals surface area contributed by atoms with Crippen LogP contribution in [-0.4, -0.2) is 66.5 Å². The van der Waals surface area contributed by atoms with E-state index in [1.807, 2.05) is 0 Å². The molecule has 0 aliphatic carbocycles. The lowest BCUT2D eigenvalue weighted by Gasteiger charge is -2.21. The Bertz CT molecular complexity index is 1440. The first kappa shape index (κ1) is 69.2. The number of carbonyl (C=O) groups excluding carboxylic acids is 3. The lowest BCUT2D eigenvalue weighted by Crippen LogP contribution is -2.30. The van der Waals surface area contributed by atoms with Gasteiger partial charge in [-0.2, -0.15) is 0 Å². The fourth-order valence-electron chi connectivity index (χ4n) is 7.99. The van der Waals surface area contributed by atoms with Crippen LogP contribution in [0, 0.1) is 0 Å². The minimum atomic E-state index is -4.75. The SMILES string of the molecule is CC/C=C\C/C=C\C/C=C\C/C=C\CCCCCCC(=O)OCC(COP(=O)(O)OCC(CO)OC(=O)CCCCCCCCCCC)OC(=O)CCCCCCCCCCC/C=C\CCCCCCCC. The van der Waals surface area contributed by atoms with Gasteiger partial charge in [-0.15, -0.1) is 0 Å². The van der Waals surface area contributed by atoms with Gasteiger partial charge in [-0.3, -0.25) is 23.4 Å². The first-order valence-corrected chi connectivity index (χ1v) is 30.7. The van der Waals surface area contributed by atoms with Crippen molar-refractivity contribution in [1.82, 2.24) is 0 Å². The number of phosphoric acid groups is 1. The predicted octanol–water partition coefficient (Wildman–Crippen LogP) is 17.1. The van der Waals surface area contributed by atoms with Gasteiger partial charge in [0.15, 0.2) is 6.10 Å². The van der Waals surface area contributed by atoms with Gasteiger partial charge in [0.25, 0.3) is 0 Å². The number of hydrogen-bond donors (Lipinski definition) is 2. The molecule has 0 spiro atoms. The Balaban J connectivity index is 4.73. The molecule has 0 aliphatic heterocycles. The second-order valence-electron chi connectivity index (χ2n) is 19.4. The average molecular weight is 1040 g/mol. The van der Waals surface area contributed by atoms with E-state index >= 15 is 0 Å². The highest BCUT2D eigenvalue weighted by molar-refractivity contribution is 7.47. The summed E-state index contributed by atoms with van der Waals surface area (Å²) in [4.78, 5) is 48.5. The van der Waals surface area contributed by atoms with E-state index in [0.717, 1.165) is 89.9 Å². The lowest BCUT2D eigenvalue weighted by molar-refractivity contribution is -0.161. The zero-order valence-electron chi connectivity index (χ0n) is 46.1. The lowest BCUT2D eigenvalue weighted by atomic mass is 10.1. The number of phosphoric ester groups is 1. The zero-order chi connectivity index (χ0) is 52.7. The van der Waals surface area contributed by atoms with Gasteiger partial charge in [0.2, 0.25) is 0 Å². The van der Waals surface area contributed by atoms with Crippen LogP contribution in [0.15, 0.2) is 60.8 Å². The van der Waals surface area contributed by atoms with Gasteiger partial charge in [-0.05, 0) is 83.5 Å². The van der Waals surface area contributed by atoms with Crippen LogP contribution in [0.5, 0.6) is 0 Å². The molecular weight excluding hydrogens is 928 g/mol. The molecule has 0 bridgehead atoms. The van der Waals surface area contributed by atoms with Crippen molar-refractivity contribution in [3.05, 3.63) is 60.8 Å². The molecule has 0 radical (unpaired) electrons. The molecular formula is C60H107O11P. The molecule has 11 nitrogen and oxygen atoms in total. The van der Waals surface area contributed by atoms with E-state index in [2.05, 4.69) is 81.5 Å². The van der Waals surface area contributed by atoms with Crippen LogP contribution in [0.2, 0.25) is 0 Å². The summed E-state index contributed by atoms with van der Waals surface area (Å²) in [5.74, 6) is -1.49. The van der Waals surface area contributed by atoms with Crippen molar-refractivity contribution >= 4 is 25.7 Å². The van der Waals surface area contributed by atoms with E-state index in [9.17, 15) is 28.9 Å². The maximum absolute atomic E-state index is 12.9.